The quantitative estimate of drug-likeness (QED) is 0.747. The molecule has 2 aromatic heterocycles. The molecule has 0 atom stereocenters. The van der Waals surface area contributed by atoms with Gasteiger partial charge in [0, 0.05) is 45.4 Å². The number of urea groups is 1. The molecule has 0 unspecified atom stereocenters. The minimum Gasteiger partial charge on any atom is -0.385 e. The van der Waals surface area contributed by atoms with Gasteiger partial charge in [0.15, 0.2) is 0 Å². The Hall–Kier alpha value is -2.41. The Morgan fingerprint density at radius 1 is 1.26 bits per heavy atom. The first-order valence-electron chi connectivity index (χ1n) is 9.65. The molecule has 1 fully saturated rings. The molecule has 0 spiro atoms. The lowest BCUT2D eigenvalue weighted by Crippen LogP contribution is -2.43. The molecule has 7 nitrogen and oxygen atoms in total. The van der Waals surface area contributed by atoms with E-state index in [1.54, 1.807) is 25.8 Å². The van der Waals surface area contributed by atoms with E-state index >= 15 is 0 Å². The summed E-state index contributed by atoms with van der Waals surface area (Å²) in [7, 11) is 1.74. The van der Waals surface area contributed by atoms with Gasteiger partial charge in [0.2, 0.25) is 0 Å². The zero-order valence-corrected chi connectivity index (χ0v) is 16.0. The van der Waals surface area contributed by atoms with Gasteiger partial charge in [0.25, 0.3) is 0 Å². The van der Waals surface area contributed by atoms with E-state index in [0.29, 0.717) is 13.1 Å². The Kier molecular flexibility index (Phi) is 6.81. The van der Waals surface area contributed by atoms with Crippen molar-refractivity contribution >= 4 is 6.03 Å². The van der Waals surface area contributed by atoms with Crippen LogP contribution in [-0.4, -0.2) is 40.8 Å². The summed E-state index contributed by atoms with van der Waals surface area (Å²) in [5.74, 6) is 0.804. The summed E-state index contributed by atoms with van der Waals surface area (Å²) in [6, 6.07) is 3.75. The normalized spacial score (nSPS) is 16.0. The fourth-order valence-corrected chi connectivity index (χ4v) is 3.72. The molecule has 3 rings (SSSR count). The molecule has 2 aromatic rings. The molecule has 0 aromatic carbocycles. The summed E-state index contributed by atoms with van der Waals surface area (Å²) in [6.07, 6.45) is 14.1. The second-order valence-corrected chi connectivity index (χ2v) is 7.33. The molecule has 2 amide bonds. The number of nitrogens with one attached hydrogen (secondary N) is 2. The van der Waals surface area contributed by atoms with Crippen molar-refractivity contribution in [3.8, 4) is 5.82 Å². The molecule has 0 aliphatic heterocycles. The third-order valence-corrected chi connectivity index (χ3v) is 5.41. The SMILES string of the molecule is COCCC1(CNC(=O)NCc2ccc(-n3ccnc3)nc2)CCCCC1. The number of methoxy groups -OCH3 is 1. The number of pyridine rings is 1. The molecule has 0 radical (unpaired) electrons. The van der Waals surface area contributed by atoms with Gasteiger partial charge in [-0.1, -0.05) is 25.3 Å². The van der Waals surface area contributed by atoms with Crippen LogP contribution in [0.25, 0.3) is 5.82 Å². The van der Waals surface area contributed by atoms with Crippen LogP contribution >= 0.6 is 0 Å². The minimum absolute atomic E-state index is 0.129. The molecular weight excluding hydrogens is 342 g/mol. The van der Waals surface area contributed by atoms with E-state index < -0.39 is 0 Å². The van der Waals surface area contributed by atoms with Gasteiger partial charge in [0.1, 0.15) is 12.1 Å². The summed E-state index contributed by atoms with van der Waals surface area (Å²) in [5, 5.41) is 5.99. The van der Waals surface area contributed by atoms with Crippen LogP contribution in [0.1, 0.15) is 44.1 Å². The van der Waals surface area contributed by atoms with Crippen LogP contribution in [-0.2, 0) is 11.3 Å². The summed E-state index contributed by atoms with van der Waals surface area (Å²) in [5.41, 5.74) is 1.14. The maximum absolute atomic E-state index is 12.2. The number of aromatic nitrogens is 3. The van der Waals surface area contributed by atoms with E-state index in [1.807, 2.05) is 22.9 Å². The molecular formula is C20H29N5O2. The molecule has 2 heterocycles. The van der Waals surface area contributed by atoms with Gasteiger partial charge in [-0.05, 0) is 36.3 Å². The number of carbonyl (C=O) groups is 1. The number of amides is 2. The number of hydrogen-bond acceptors (Lipinski definition) is 4. The lowest BCUT2D eigenvalue weighted by Gasteiger charge is -2.37. The maximum atomic E-state index is 12.2. The van der Waals surface area contributed by atoms with Crippen molar-refractivity contribution < 1.29 is 9.53 Å². The Bertz CT molecular complexity index is 694. The average Bonchev–Trinajstić information content (AvgIpc) is 3.25. The highest BCUT2D eigenvalue weighted by Gasteiger charge is 2.31. The van der Waals surface area contributed by atoms with Crippen molar-refractivity contribution in [3.05, 3.63) is 42.6 Å². The molecule has 27 heavy (non-hydrogen) atoms. The second kappa shape index (κ2) is 9.50. The minimum atomic E-state index is -0.129. The van der Waals surface area contributed by atoms with Crippen molar-refractivity contribution in [2.75, 3.05) is 20.3 Å². The van der Waals surface area contributed by atoms with Crippen molar-refractivity contribution in [1.82, 2.24) is 25.2 Å². The Morgan fingerprint density at radius 2 is 2.11 bits per heavy atom. The van der Waals surface area contributed by atoms with Gasteiger partial charge in [0.05, 0.1) is 0 Å². The van der Waals surface area contributed by atoms with Crippen LogP contribution in [0.15, 0.2) is 37.1 Å². The molecule has 1 saturated carbocycles. The standard InChI is InChI=1S/C20H29N5O2/c1-27-12-9-20(7-3-2-4-8-20)15-24-19(26)23-14-17-5-6-18(22-13-17)25-11-10-21-16-25/h5-6,10-11,13,16H,2-4,7-9,12,14-15H2,1H3,(H2,23,24,26). The molecule has 0 bridgehead atoms. The number of nitrogens with zero attached hydrogens (tertiary/aromatic N) is 3. The number of ether oxygens (including phenoxy) is 1. The molecule has 7 heteroatoms. The molecule has 0 saturated heterocycles. The number of imidazole rings is 1. The Labute approximate surface area is 160 Å². The van der Waals surface area contributed by atoms with E-state index in [0.717, 1.165) is 37.3 Å². The van der Waals surface area contributed by atoms with Gasteiger partial charge in [-0.15, -0.1) is 0 Å². The summed E-state index contributed by atoms with van der Waals surface area (Å²) < 4.78 is 7.12. The van der Waals surface area contributed by atoms with Gasteiger partial charge in [-0.25, -0.2) is 14.8 Å². The Morgan fingerprint density at radius 3 is 2.78 bits per heavy atom. The van der Waals surface area contributed by atoms with E-state index in [4.69, 9.17) is 4.74 Å². The molecule has 1 aliphatic rings. The molecule has 146 valence electrons. The summed E-state index contributed by atoms with van der Waals surface area (Å²) >= 11 is 0. The van der Waals surface area contributed by atoms with Crippen LogP contribution < -0.4 is 10.6 Å². The highest BCUT2D eigenvalue weighted by Crippen LogP contribution is 2.38. The van der Waals surface area contributed by atoms with E-state index in [1.165, 1.54) is 19.3 Å². The van der Waals surface area contributed by atoms with Gasteiger partial charge in [-0.2, -0.15) is 0 Å². The zero-order chi connectivity index (χ0) is 19.0. The van der Waals surface area contributed by atoms with Crippen molar-refractivity contribution in [2.24, 2.45) is 5.41 Å². The third kappa shape index (κ3) is 5.53. The first-order valence-corrected chi connectivity index (χ1v) is 9.65. The summed E-state index contributed by atoms with van der Waals surface area (Å²) in [6.45, 7) is 1.91. The lowest BCUT2D eigenvalue weighted by atomic mass is 9.72. The number of carbonyl (C=O) groups excluding carboxylic acids is 1. The van der Waals surface area contributed by atoms with Crippen LogP contribution in [0.5, 0.6) is 0 Å². The lowest BCUT2D eigenvalue weighted by molar-refractivity contribution is 0.102. The maximum Gasteiger partial charge on any atom is 0.315 e. The van der Waals surface area contributed by atoms with Gasteiger partial charge in [-0.3, -0.25) is 4.57 Å². The monoisotopic (exact) mass is 371 g/mol. The molecule has 1 aliphatic carbocycles. The van der Waals surface area contributed by atoms with Crippen molar-refractivity contribution in [2.45, 2.75) is 45.1 Å². The number of hydrogen-bond donors (Lipinski definition) is 2. The Balaban J connectivity index is 1.46. The summed E-state index contributed by atoms with van der Waals surface area (Å²) in [4.78, 5) is 20.7. The topological polar surface area (TPSA) is 81.1 Å². The zero-order valence-electron chi connectivity index (χ0n) is 16.0. The highest BCUT2D eigenvalue weighted by atomic mass is 16.5. The fourth-order valence-electron chi connectivity index (χ4n) is 3.72. The van der Waals surface area contributed by atoms with E-state index in [9.17, 15) is 4.79 Å². The van der Waals surface area contributed by atoms with Crippen LogP contribution in [0, 0.1) is 5.41 Å². The smallest absolute Gasteiger partial charge is 0.315 e. The largest absolute Gasteiger partial charge is 0.385 e. The first-order chi connectivity index (χ1) is 13.2. The third-order valence-electron chi connectivity index (χ3n) is 5.41. The second-order valence-electron chi connectivity index (χ2n) is 7.33. The predicted octanol–water partition coefficient (Wildman–Crippen LogP) is 3.05. The van der Waals surface area contributed by atoms with Crippen molar-refractivity contribution in [3.63, 3.8) is 0 Å². The van der Waals surface area contributed by atoms with Crippen molar-refractivity contribution in [1.29, 1.82) is 0 Å². The number of rotatable bonds is 8. The predicted molar refractivity (Wildman–Crippen MR) is 104 cm³/mol. The van der Waals surface area contributed by atoms with Gasteiger partial charge < -0.3 is 15.4 Å². The van der Waals surface area contributed by atoms with E-state index in [2.05, 4.69) is 20.6 Å². The van der Waals surface area contributed by atoms with Crippen LogP contribution in [0.2, 0.25) is 0 Å². The highest BCUT2D eigenvalue weighted by molar-refractivity contribution is 5.73. The van der Waals surface area contributed by atoms with Crippen LogP contribution in [0.3, 0.4) is 0 Å². The fraction of sp³-hybridized carbons (Fsp3) is 0.550. The molecule has 2 N–H and O–H groups in total. The van der Waals surface area contributed by atoms with E-state index in [-0.39, 0.29) is 11.4 Å². The van der Waals surface area contributed by atoms with Crippen LogP contribution in [0.4, 0.5) is 4.79 Å². The average molecular weight is 371 g/mol. The first kappa shape index (κ1) is 19.4. The van der Waals surface area contributed by atoms with Gasteiger partial charge >= 0.3 is 6.03 Å².